The average Bonchev–Trinajstić information content (AvgIpc) is 2.87. The number of nitrogens with zero attached hydrogens (tertiary/aromatic N) is 2. The second-order valence-corrected chi connectivity index (χ2v) is 8.34. The summed E-state index contributed by atoms with van der Waals surface area (Å²) in [5.74, 6) is 0.313. The Morgan fingerprint density at radius 2 is 1.65 bits per heavy atom. The van der Waals surface area contributed by atoms with Gasteiger partial charge in [0.25, 0.3) is 10.0 Å². The van der Waals surface area contributed by atoms with Gasteiger partial charge in [-0.15, -0.1) is 10.2 Å². The standard InChI is InChI=1S/C18H23FN4O2S/c1-13-12-15(8-9-16(13)19)26(24,25)23-18-11-10-17(21-22-18)20-14-6-4-2-3-5-7-14/h8-12,14H,2-7H2,1H3,(H,20,21)(H,22,23). The highest BCUT2D eigenvalue weighted by Crippen LogP contribution is 2.21. The Labute approximate surface area is 153 Å². The Kier molecular flexibility index (Phi) is 5.70. The van der Waals surface area contributed by atoms with Crippen LogP contribution >= 0.6 is 0 Å². The van der Waals surface area contributed by atoms with E-state index in [0.717, 1.165) is 18.9 Å². The monoisotopic (exact) mass is 378 g/mol. The van der Waals surface area contributed by atoms with Crippen LogP contribution < -0.4 is 10.0 Å². The Bertz CT molecular complexity index is 848. The number of aryl methyl sites for hydroxylation is 1. The van der Waals surface area contributed by atoms with Gasteiger partial charge in [0.1, 0.15) is 11.6 Å². The highest BCUT2D eigenvalue weighted by Gasteiger charge is 2.17. The fourth-order valence-electron chi connectivity index (χ4n) is 3.08. The van der Waals surface area contributed by atoms with E-state index in [-0.39, 0.29) is 16.3 Å². The Morgan fingerprint density at radius 1 is 1.00 bits per heavy atom. The molecular weight excluding hydrogens is 355 g/mol. The molecule has 1 aromatic carbocycles. The van der Waals surface area contributed by atoms with Crippen LogP contribution in [-0.2, 0) is 10.0 Å². The zero-order chi connectivity index (χ0) is 18.6. The molecule has 6 nitrogen and oxygen atoms in total. The highest BCUT2D eigenvalue weighted by molar-refractivity contribution is 7.92. The molecule has 2 aromatic rings. The maximum Gasteiger partial charge on any atom is 0.263 e. The summed E-state index contributed by atoms with van der Waals surface area (Å²) in [6.07, 6.45) is 7.18. The molecule has 8 heteroatoms. The van der Waals surface area contributed by atoms with Gasteiger partial charge in [0.15, 0.2) is 5.82 Å². The van der Waals surface area contributed by atoms with E-state index in [0.29, 0.717) is 11.9 Å². The summed E-state index contributed by atoms with van der Waals surface area (Å²) in [6, 6.07) is 7.31. The van der Waals surface area contributed by atoms with Crippen molar-refractivity contribution in [3.63, 3.8) is 0 Å². The van der Waals surface area contributed by atoms with Crippen LogP contribution in [0.3, 0.4) is 0 Å². The van der Waals surface area contributed by atoms with Crippen LogP contribution in [0.2, 0.25) is 0 Å². The normalized spacial score (nSPS) is 16.1. The van der Waals surface area contributed by atoms with Crippen LogP contribution in [0.1, 0.15) is 44.1 Å². The molecule has 1 aliphatic carbocycles. The third-order valence-electron chi connectivity index (χ3n) is 4.55. The van der Waals surface area contributed by atoms with Crippen LogP contribution in [0.4, 0.5) is 16.0 Å². The number of benzene rings is 1. The summed E-state index contributed by atoms with van der Waals surface area (Å²) in [4.78, 5) is -0.0149. The Hall–Kier alpha value is -2.22. The molecule has 2 N–H and O–H groups in total. The molecule has 0 amide bonds. The zero-order valence-electron chi connectivity index (χ0n) is 14.7. The van der Waals surface area contributed by atoms with Crippen molar-refractivity contribution < 1.29 is 12.8 Å². The number of sulfonamides is 1. The summed E-state index contributed by atoms with van der Waals surface area (Å²) in [5.41, 5.74) is 0.266. The SMILES string of the molecule is Cc1cc(S(=O)(=O)Nc2ccc(NC3CCCCCC3)nn2)ccc1F. The van der Waals surface area contributed by atoms with Gasteiger partial charge in [-0.3, -0.25) is 4.72 Å². The first-order valence-corrected chi connectivity index (χ1v) is 10.3. The van der Waals surface area contributed by atoms with E-state index in [2.05, 4.69) is 20.2 Å². The first-order chi connectivity index (χ1) is 12.4. The fourth-order valence-corrected chi connectivity index (χ4v) is 4.16. The summed E-state index contributed by atoms with van der Waals surface area (Å²) in [7, 11) is -3.84. The van der Waals surface area contributed by atoms with Crippen molar-refractivity contribution >= 4 is 21.7 Å². The molecule has 1 heterocycles. The lowest BCUT2D eigenvalue weighted by molar-refractivity contribution is 0.598. The van der Waals surface area contributed by atoms with Crippen molar-refractivity contribution in [2.24, 2.45) is 0 Å². The molecule has 0 radical (unpaired) electrons. The van der Waals surface area contributed by atoms with Crippen molar-refractivity contribution in [3.05, 3.63) is 41.7 Å². The molecule has 1 fully saturated rings. The smallest absolute Gasteiger partial charge is 0.263 e. The molecule has 140 valence electrons. The quantitative estimate of drug-likeness (QED) is 0.772. The summed E-state index contributed by atoms with van der Waals surface area (Å²) in [6.45, 7) is 1.52. The molecular formula is C18H23FN4O2S. The first-order valence-electron chi connectivity index (χ1n) is 8.83. The molecule has 0 spiro atoms. The van der Waals surface area contributed by atoms with Gasteiger partial charge in [0, 0.05) is 6.04 Å². The number of halogens is 1. The second kappa shape index (κ2) is 7.99. The molecule has 0 unspecified atom stereocenters. The molecule has 3 rings (SSSR count). The van der Waals surface area contributed by atoms with Crippen molar-refractivity contribution in [3.8, 4) is 0 Å². The predicted octanol–water partition coefficient (Wildman–Crippen LogP) is 3.86. The van der Waals surface area contributed by atoms with E-state index >= 15 is 0 Å². The summed E-state index contributed by atoms with van der Waals surface area (Å²) < 4.78 is 40.5. The van der Waals surface area contributed by atoms with Crippen molar-refractivity contribution in [2.45, 2.75) is 56.4 Å². The van der Waals surface area contributed by atoms with E-state index in [4.69, 9.17) is 0 Å². The van der Waals surface area contributed by atoms with Gasteiger partial charge in [0.2, 0.25) is 0 Å². The number of nitrogens with one attached hydrogen (secondary N) is 2. The lowest BCUT2D eigenvalue weighted by Crippen LogP contribution is -2.20. The van der Waals surface area contributed by atoms with Crippen LogP contribution in [0.5, 0.6) is 0 Å². The van der Waals surface area contributed by atoms with Gasteiger partial charge in [-0.05, 0) is 55.7 Å². The lowest BCUT2D eigenvalue weighted by Gasteiger charge is -2.16. The number of hydrogen-bond acceptors (Lipinski definition) is 5. The minimum atomic E-state index is -3.84. The maximum atomic E-state index is 13.3. The second-order valence-electron chi connectivity index (χ2n) is 6.65. The third-order valence-corrected chi connectivity index (χ3v) is 5.90. The Morgan fingerprint density at radius 3 is 2.27 bits per heavy atom. The molecule has 0 bridgehead atoms. The minimum Gasteiger partial charge on any atom is -0.366 e. The fraction of sp³-hybridized carbons (Fsp3) is 0.444. The van der Waals surface area contributed by atoms with Gasteiger partial charge < -0.3 is 5.32 Å². The van der Waals surface area contributed by atoms with Gasteiger partial charge in [-0.25, -0.2) is 12.8 Å². The maximum absolute atomic E-state index is 13.3. The van der Waals surface area contributed by atoms with Crippen molar-refractivity contribution in [1.82, 2.24) is 10.2 Å². The molecule has 1 aliphatic rings. The van der Waals surface area contributed by atoms with E-state index < -0.39 is 15.8 Å². The number of aromatic nitrogens is 2. The van der Waals surface area contributed by atoms with Crippen molar-refractivity contribution in [2.75, 3.05) is 10.0 Å². The number of anilines is 2. The van der Waals surface area contributed by atoms with Crippen LogP contribution in [-0.4, -0.2) is 24.7 Å². The van der Waals surface area contributed by atoms with Crippen LogP contribution in [0.15, 0.2) is 35.2 Å². The largest absolute Gasteiger partial charge is 0.366 e. The molecule has 26 heavy (non-hydrogen) atoms. The summed E-state index contributed by atoms with van der Waals surface area (Å²) >= 11 is 0. The van der Waals surface area contributed by atoms with E-state index in [1.165, 1.54) is 44.7 Å². The summed E-state index contributed by atoms with van der Waals surface area (Å²) in [5, 5.41) is 11.4. The molecule has 1 saturated carbocycles. The topological polar surface area (TPSA) is 84.0 Å². The van der Waals surface area contributed by atoms with E-state index in [1.54, 1.807) is 12.1 Å². The Balaban J connectivity index is 1.67. The van der Waals surface area contributed by atoms with Crippen LogP contribution in [0.25, 0.3) is 0 Å². The molecule has 1 aromatic heterocycles. The van der Waals surface area contributed by atoms with E-state index in [9.17, 15) is 12.8 Å². The molecule has 0 saturated heterocycles. The molecule has 0 aliphatic heterocycles. The lowest BCUT2D eigenvalue weighted by atomic mass is 10.1. The van der Waals surface area contributed by atoms with Gasteiger partial charge in [0.05, 0.1) is 4.90 Å². The van der Waals surface area contributed by atoms with E-state index in [1.807, 2.05) is 0 Å². The number of hydrogen-bond donors (Lipinski definition) is 2. The average molecular weight is 378 g/mol. The van der Waals surface area contributed by atoms with Crippen LogP contribution in [0, 0.1) is 12.7 Å². The zero-order valence-corrected chi connectivity index (χ0v) is 15.5. The third kappa shape index (κ3) is 4.69. The van der Waals surface area contributed by atoms with Crippen molar-refractivity contribution in [1.29, 1.82) is 0 Å². The predicted molar refractivity (Wildman–Crippen MR) is 99.1 cm³/mol. The van der Waals surface area contributed by atoms with Gasteiger partial charge >= 0.3 is 0 Å². The number of rotatable bonds is 5. The first kappa shape index (κ1) is 18.6. The minimum absolute atomic E-state index is 0.0149. The highest BCUT2D eigenvalue weighted by atomic mass is 32.2. The molecule has 0 atom stereocenters. The van der Waals surface area contributed by atoms with Gasteiger partial charge in [-0.2, -0.15) is 0 Å². The van der Waals surface area contributed by atoms with Gasteiger partial charge in [-0.1, -0.05) is 25.7 Å².